The van der Waals surface area contributed by atoms with Gasteiger partial charge in [-0.2, -0.15) is 0 Å². The fraction of sp³-hybridized carbons (Fsp3) is 0.0526. The Kier molecular flexibility index (Phi) is 9.86. The fourth-order valence-electron chi connectivity index (χ4n) is 4.72. The predicted molar refractivity (Wildman–Crippen MR) is 192 cm³/mol. The highest BCUT2D eigenvalue weighted by Crippen LogP contribution is 2.29. The van der Waals surface area contributed by atoms with Crippen LogP contribution in [0.2, 0.25) is 0 Å². The van der Waals surface area contributed by atoms with Crippen LogP contribution in [0.25, 0.3) is 27.4 Å². The molecule has 0 fully saturated rings. The number of thioether (sulfide) groups is 1. The molecule has 0 aliphatic heterocycles. The molecule has 0 saturated heterocycles. The minimum Gasteiger partial charge on any atom is -0.321 e. The number of para-hydroxylation sites is 1. The molecule has 3 amide bonds. The second kappa shape index (κ2) is 14.7. The normalized spacial score (nSPS) is 11.9. The molecule has 6 aromatic rings. The van der Waals surface area contributed by atoms with Gasteiger partial charge in [-0.05, 0) is 78.2 Å². The van der Waals surface area contributed by atoms with Gasteiger partial charge in [0.25, 0.3) is 11.8 Å². The summed E-state index contributed by atoms with van der Waals surface area (Å²) in [4.78, 5) is 44.7. The van der Waals surface area contributed by atoms with E-state index in [0.29, 0.717) is 16.4 Å². The average Bonchev–Trinajstić information content (AvgIpc) is 3.52. The third-order valence-corrected chi connectivity index (χ3v) is 9.24. The van der Waals surface area contributed by atoms with Crippen molar-refractivity contribution in [2.75, 3.05) is 10.6 Å². The van der Waals surface area contributed by atoms with Crippen LogP contribution in [0.1, 0.15) is 22.8 Å². The number of nitrogens with zero attached hydrogens (tertiary/aromatic N) is 1. The first-order chi connectivity index (χ1) is 22.9. The first-order valence-electron chi connectivity index (χ1n) is 14.9. The van der Waals surface area contributed by atoms with Gasteiger partial charge in [0.1, 0.15) is 5.70 Å². The van der Waals surface area contributed by atoms with E-state index in [4.69, 9.17) is 0 Å². The van der Waals surface area contributed by atoms with Crippen molar-refractivity contribution in [3.8, 4) is 11.1 Å². The Morgan fingerprint density at radius 3 is 2.06 bits per heavy atom. The zero-order chi connectivity index (χ0) is 32.6. The summed E-state index contributed by atoms with van der Waals surface area (Å²) in [5.41, 5.74) is 4.83. The lowest BCUT2D eigenvalue weighted by molar-refractivity contribution is -0.115. The topological polar surface area (TPSA) is 100 Å². The summed E-state index contributed by atoms with van der Waals surface area (Å²) in [7, 11) is 0. The van der Waals surface area contributed by atoms with E-state index in [0.717, 1.165) is 31.8 Å². The lowest BCUT2D eigenvalue weighted by Crippen LogP contribution is -2.30. The molecule has 5 aromatic carbocycles. The molecule has 9 heteroatoms. The van der Waals surface area contributed by atoms with Crippen molar-refractivity contribution in [3.63, 3.8) is 0 Å². The van der Waals surface area contributed by atoms with Gasteiger partial charge in [-0.25, -0.2) is 4.98 Å². The van der Waals surface area contributed by atoms with Gasteiger partial charge >= 0.3 is 0 Å². The molecular formula is C38H30N4O3S2. The van der Waals surface area contributed by atoms with Crippen LogP contribution >= 0.6 is 23.1 Å². The summed E-state index contributed by atoms with van der Waals surface area (Å²) < 4.78 is 1.01. The molecule has 47 heavy (non-hydrogen) atoms. The van der Waals surface area contributed by atoms with Gasteiger partial charge < -0.3 is 16.0 Å². The minimum atomic E-state index is -0.467. The smallest absolute Gasteiger partial charge is 0.272 e. The minimum absolute atomic E-state index is 0.102. The van der Waals surface area contributed by atoms with E-state index < -0.39 is 11.8 Å². The molecule has 1 atom stereocenters. The predicted octanol–water partition coefficient (Wildman–Crippen LogP) is 8.49. The third-order valence-electron chi connectivity index (χ3n) is 7.18. The summed E-state index contributed by atoms with van der Waals surface area (Å²) in [6.45, 7) is 1.84. The second-order valence-electron chi connectivity index (χ2n) is 10.6. The molecule has 6 rings (SSSR count). The van der Waals surface area contributed by atoms with E-state index >= 15 is 0 Å². The lowest BCUT2D eigenvalue weighted by atomic mass is 10.0. The van der Waals surface area contributed by atoms with Crippen molar-refractivity contribution in [1.29, 1.82) is 0 Å². The SMILES string of the molecule is CC(Sc1ccc(NC(=O)/C(=C/c2ccc(-c3ccccc3)cc2)NC(=O)c2ccccc2)cc1)C(=O)Nc1nc2ccccc2s1. The Morgan fingerprint density at radius 1 is 0.723 bits per heavy atom. The van der Waals surface area contributed by atoms with Crippen LogP contribution < -0.4 is 16.0 Å². The van der Waals surface area contributed by atoms with Crippen LogP contribution in [-0.4, -0.2) is 28.0 Å². The maximum Gasteiger partial charge on any atom is 0.272 e. The molecule has 232 valence electrons. The zero-order valence-electron chi connectivity index (χ0n) is 25.3. The number of hydrogen-bond donors (Lipinski definition) is 3. The summed E-state index contributed by atoms with van der Waals surface area (Å²) >= 11 is 2.84. The van der Waals surface area contributed by atoms with Crippen molar-refractivity contribution in [3.05, 3.63) is 150 Å². The molecule has 1 heterocycles. The van der Waals surface area contributed by atoms with Crippen molar-refractivity contribution < 1.29 is 14.4 Å². The van der Waals surface area contributed by atoms with Crippen LogP contribution in [0, 0.1) is 0 Å². The van der Waals surface area contributed by atoms with Gasteiger partial charge in [-0.15, -0.1) is 11.8 Å². The van der Waals surface area contributed by atoms with E-state index in [9.17, 15) is 14.4 Å². The van der Waals surface area contributed by atoms with E-state index in [2.05, 4.69) is 20.9 Å². The maximum atomic E-state index is 13.5. The van der Waals surface area contributed by atoms with Gasteiger partial charge in [0.2, 0.25) is 5.91 Å². The third kappa shape index (κ3) is 8.21. The standard InChI is InChI=1S/C38H30N4O3S2/c1-25(35(43)42-38-41-32-14-8-9-15-34(32)47-38)46-31-22-20-30(21-23-31)39-37(45)33(40-36(44)29-12-6-3-7-13-29)24-26-16-18-28(19-17-26)27-10-4-2-5-11-27/h2-25H,1H3,(H,39,45)(H,40,44)(H,41,42,43)/b33-24-. The number of hydrogen-bond acceptors (Lipinski definition) is 6. The fourth-order valence-corrected chi connectivity index (χ4v) is 6.45. The van der Waals surface area contributed by atoms with Crippen molar-refractivity contribution in [1.82, 2.24) is 10.3 Å². The van der Waals surface area contributed by atoms with E-state index in [1.807, 2.05) is 104 Å². The molecule has 3 N–H and O–H groups in total. The number of aromatic nitrogens is 1. The molecule has 7 nitrogen and oxygen atoms in total. The van der Waals surface area contributed by atoms with Gasteiger partial charge in [0.15, 0.2) is 5.13 Å². The first kappa shape index (κ1) is 31.5. The second-order valence-corrected chi connectivity index (χ2v) is 13.0. The molecule has 0 aliphatic rings. The number of rotatable bonds is 10. The summed E-state index contributed by atoms with van der Waals surface area (Å²) in [6.07, 6.45) is 1.65. The number of amides is 3. The summed E-state index contributed by atoms with van der Waals surface area (Å²) in [6, 6.07) is 41.5. The highest BCUT2D eigenvalue weighted by molar-refractivity contribution is 8.00. The highest BCUT2D eigenvalue weighted by atomic mass is 32.2. The number of thiazole rings is 1. The van der Waals surface area contributed by atoms with Crippen molar-refractivity contribution >= 4 is 67.9 Å². The number of carbonyl (C=O) groups is 3. The van der Waals surface area contributed by atoms with Gasteiger partial charge in [0.05, 0.1) is 15.5 Å². The Bertz CT molecular complexity index is 2010. The molecule has 0 aliphatic carbocycles. The molecule has 0 saturated carbocycles. The maximum absolute atomic E-state index is 13.5. The van der Waals surface area contributed by atoms with E-state index in [1.54, 1.807) is 42.5 Å². The molecule has 0 radical (unpaired) electrons. The molecule has 1 unspecified atom stereocenters. The largest absolute Gasteiger partial charge is 0.321 e. The number of nitrogens with one attached hydrogen (secondary N) is 3. The van der Waals surface area contributed by atoms with Crippen molar-refractivity contribution in [2.24, 2.45) is 0 Å². The Balaban J connectivity index is 1.13. The van der Waals surface area contributed by atoms with Crippen LogP contribution in [0.4, 0.5) is 10.8 Å². The number of fused-ring (bicyclic) bond motifs is 1. The quantitative estimate of drug-likeness (QED) is 0.102. The Morgan fingerprint density at radius 2 is 1.36 bits per heavy atom. The van der Waals surface area contributed by atoms with Gasteiger partial charge in [-0.3, -0.25) is 14.4 Å². The van der Waals surface area contributed by atoms with E-state index in [1.165, 1.54) is 23.1 Å². The van der Waals surface area contributed by atoms with Crippen LogP contribution in [-0.2, 0) is 9.59 Å². The van der Waals surface area contributed by atoms with Crippen LogP contribution in [0.3, 0.4) is 0 Å². The number of carbonyl (C=O) groups excluding carboxylic acids is 3. The zero-order valence-corrected chi connectivity index (χ0v) is 27.0. The lowest BCUT2D eigenvalue weighted by Gasteiger charge is -2.13. The van der Waals surface area contributed by atoms with Crippen LogP contribution in [0.5, 0.6) is 0 Å². The monoisotopic (exact) mass is 654 g/mol. The molecule has 0 spiro atoms. The highest BCUT2D eigenvalue weighted by Gasteiger charge is 2.18. The average molecular weight is 655 g/mol. The number of anilines is 2. The summed E-state index contributed by atoms with van der Waals surface area (Å²) in [5, 5.41) is 8.77. The van der Waals surface area contributed by atoms with Crippen molar-refractivity contribution in [2.45, 2.75) is 17.1 Å². The summed E-state index contributed by atoms with van der Waals surface area (Å²) in [5.74, 6) is -1.00. The Labute approximate surface area is 280 Å². The van der Waals surface area contributed by atoms with Crippen LogP contribution in [0.15, 0.2) is 144 Å². The molecule has 1 aromatic heterocycles. The number of benzene rings is 5. The van der Waals surface area contributed by atoms with Gasteiger partial charge in [0, 0.05) is 16.1 Å². The molecule has 0 bridgehead atoms. The van der Waals surface area contributed by atoms with Gasteiger partial charge in [-0.1, -0.05) is 96.3 Å². The van der Waals surface area contributed by atoms with E-state index in [-0.39, 0.29) is 16.9 Å². The Hall–Kier alpha value is -5.51. The molecular weight excluding hydrogens is 625 g/mol. The first-order valence-corrected chi connectivity index (χ1v) is 16.6.